The maximum absolute atomic E-state index is 11.9. The molecule has 1 unspecified atom stereocenters. The second-order valence-electron chi connectivity index (χ2n) is 3.80. The fourth-order valence-electron chi connectivity index (χ4n) is 1.73. The second-order valence-corrected chi connectivity index (χ2v) is 5.11. The molecule has 1 aliphatic heterocycles. The minimum absolute atomic E-state index is 0.182. The molecule has 1 N–H and O–H groups in total. The summed E-state index contributed by atoms with van der Waals surface area (Å²) in [6.45, 7) is 0.645. The van der Waals surface area contributed by atoms with Crippen molar-refractivity contribution in [2.24, 2.45) is 0 Å². The number of hydrogen-bond acceptors (Lipinski definition) is 3. The van der Waals surface area contributed by atoms with Gasteiger partial charge in [-0.25, -0.2) is 0 Å². The van der Waals surface area contributed by atoms with Crippen molar-refractivity contribution in [1.82, 2.24) is 15.1 Å². The van der Waals surface area contributed by atoms with Gasteiger partial charge in [-0.3, -0.25) is 9.89 Å². The van der Waals surface area contributed by atoms with Crippen LogP contribution in [-0.2, 0) is 11.3 Å². The monoisotopic (exact) mass is 225 g/mol. The molecule has 1 aliphatic rings. The van der Waals surface area contributed by atoms with E-state index in [1.807, 2.05) is 13.2 Å². The third-order valence-corrected chi connectivity index (χ3v) is 3.92. The van der Waals surface area contributed by atoms with Crippen LogP contribution in [-0.4, -0.2) is 39.1 Å². The number of aromatic nitrogens is 2. The molecule has 0 radical (unpaired) electrons. The number of carbonyl (C=O) groups excluding carboxylic acids is 1. The molecule has 1 amide bonds. The molecular weight excluding hydrogens is 210 g/mol. The van der Waals surface area contributed by atoms with Crippen LogP contribution in [0.4, 0.5) is 0 Å². The van der Waals surface area contributed by atoms with E-state index in [2.05, 4.69) is 10.2 Å². The highest BCUT2D eigenvalue weighted by atomic mass is 32.2. The first-order chi connectivity index (χ1) is 7.27. The first-order valence-electron chi connectivity index (χ1n) is 5.11. The standard InChI is InChI=1S/C10H15N3OS/c1-13(7-8-5-11-12-6-8)10(14)9-3-2-4-15-9/h5-6,9H,2-4,7H2,1H3,(H,11,12). The number of carbonyl (C=O) groups is 1. The molecule has 0 aliphatic carbocycles. The van der Waals surface area contributed by atoms with Crippen molar-refractivity contribution in [3.8, 4) is 0 Å². The Morgan fingerprint density at radius 3 is 3.27 bits per heavy atom. The molecular formula is C10H15N3OS. The summed E-state index contributed by atoms with van der Waals surface area (Å²) in [6.07, 6.45) is 5.77. The van der Waals surface area contributed by atoms with Gasteiger partial charge in [-0.05, 0) is 18.6 Å². The molecule has 1 aromatic rings. The van der Waals surface area contributed by atoms with Crippen molar-refractivity contribution in [3.63, 3.8) is 0 Å². The summed E-state index contributed by atoms with van der Waals surface area (Å²) in [7, 11) is 1.86. The molecule has 0 aromatic carbocycles. The van der Waals surface area contributed by atoms with E-state index in [4.69, 9.17) is 0 Å². The lowest BCUT2D eigenvalue weighted by molar-refractivity contribution is -0.129. The zero-order valence-corrected chi connectivity index (χ0v) is 9.59. The largest absolute Gasteiger partial charge is 0.340 e. The molecule has 0 saturated carbocycles. The molecule has 5 heteroatoms. The number of thioether (sulfide) groups is 1. The quantitative estimate of drug-likeness (QED) is 0.842. The van der Waals surface area contributed by atoms with Gasteiger partial charge in [0.1, 0.15) is 0 Å². The van der Waals surface area contributed by atoms with Gasteiger partial charge in [-0.2, -0.15) is 5.10 Å². The molecule has 0 bridgehead atoms. The Morgan fingerprint density at radius 1 is 1.80 bits per heavy atom. The average molecular weight is 225 g/mol. The lowest BCUT2D eigenvalue weighted by Gasteiger charge is -2.19. The van der Waals surface area contributed by atoms with Crippen LogP contribution in [0.2, 0.25) is 0 Å². The molecule has 0 spiro atoms. The average Bonchev–Trinajstić information content (AvgIpc) is 2.88. The molecule has 2 rings (SSSR count). The highest BCUT2D eigenvalue weighted by Crippen LogP contribution is 2.27. The van der Waals surface area contributed by atoms with Crippen LogP contribution < -0.4 is 0 Å². The summed E-state index contributed by atoms with van der Waals surface area (Å²) < 4.78 is 0. The molecule has 1 fully saturated rings. The van der Waals surface area contributed by atoms with Gasteiger partial charge in [0.25, 0.3) is 0 Å². The highest BCUT2D eigenvalue weighted by Gasteiger charge is 2.26. The van der Waals surface area contributed by atoms with Crippen LogP contribution in [0.1, 0.15) is 18.4 Å². The van der Waals surface area contributed by atoms with Gasteiger partial charge >= 0.3 is 0 Å². The Labute approximate surface area is 93.4 Å². The van der Waals surface area contributed by atoms with Crippen LogP contribution in [0.25, 0.3) is 0 Å². The van der Waals surface area contributed by atoms with Crippen molar-refractivity contribution in [3.05, 3.63) is 18.0 Å². The summed E-state index contributed by atoms with van der Waals surface area (Å²) in [5.41, 5.74) is 1.05. The first kappa shape index (κ1) is 10.5. The summed E-state index contributed by atoms with van der Waals surface area (Å²) in [4.78, 5) is 13.7. The molecule has 1 aromatic heterocycles. The van der Waals surface area contributed by atoms with Crippen molar-refractivity contribution in [1.29, 1.82) is 0 Å². The topological polar surface area (TPSA) is 49.0 Å². The summed E-state index contributed by atoms with van der Waals surface area (Å²) >= 11 is 1.78. The van der Waals surface area contributed by atoms with Gasteiger partial charge in [-0.1, -0.05) is 0 Å². The Balaban J connectivity index is 1.89. The Morgan fingerprint density at radius 2 is 2.67 bits per heavy atom. The summed E-state index contributed by atoms with van der Waals surface area (Å²) in [5.74, 6) is 1.37. The number of nitrogens with one attached hydrogen (secondary N) is 1. The zero-order chi connectivity index (χ0) is 10.7. The number of aromatic amines is 1. The smallest absolute Gasteiger partial charge is 0.235 e. The minimum atomic E-state index is 0.182. The van der Waals surface area contributed by atoms with Crippen molar-refractivity contribution >= 4 is 17.7 Å². The van der Waals surface area contributed by atoms with Gasteiger partial charge in [0.2, 0.25) is 5.91 Å². The normalized spacial score (nSPS) is 20.5. The van der Waals surface area contributed by atoms with Gasteiger partial charge in [0.05, 0.1) is 11.4 Å². The highest BCUT2D eigenvalue weighted by molar-refractivity contribution is 8.00. The van der Waals surface area contributed by atoms with Crippen molar-refractivity contribution < 1.29 is 4.79 Å². The lowest BCUT2D eigenvalue weighted by atomic mass is 10.2. The second kappa shape index (κ2) is 4.70. The predicted octanol–water partition coefficient (Wildman–Crippen LogP) is 1.26. The fraction of sp³-hybridized carbons (Fsp3) is 0.600. The maximum Gasteiger partial charge on any atom is 0.235 e. The summed E-state index contributed by atoms with van der Waals surface area (Å²) in [5, 5.41) is 6.80. The van der Waals surface area contributed by atoms with E-state index in [0.29, 0.717) is 6.54 Å². The molecule has 2 heterocycles. The minimum Gasteiger partial charge on any atom is -0.340 e. The van der Waals surface area contributed by atoms with E-state index in [1.54, 1.807) is 22.9 Å². The molecule has 15 heavy (non-hydrogen) atoms. The summed E-state index contributed by atoms with van der Waals surface area (Å²) in [6, 6.07) is 0. The van der Waals surface area contributed by atoms with Crippen LogP contribution in [0.15, 0.2) is 12.4 Å². The molecule has 1 atom stereocenters. The fourth-order valence-corrected chi connectivity index (χ4v) is 3.01. The Kier molecular flexibility index (Phi) is 3.30. The van der Waals surface area contributed by atoms with E-state index in [9.17, 15) is 4.79 Å². The van der Waals surface area contributed by atoms with E-state index in [-0.39, 0.29) is 11.2 Å². The molecule has 82 valence electrons. The van der Waals surface area contributed by atoms with E-state index < -0.39 is 0 Å². The van der Waals surface area contributed by atoms with Crippen LogP contribution in [0.3, 0.4) is 0 Å². The first-order valence-corrected chi connectivity index (χ1v) is 6.16. The Hall–Kier alpha value is -0.970. The Bertz CT molecular complexity index is 319. The van der Waals surface area contributed by atoms with Gasteiger partial charge < -0.3 is 4.90 Å². The van der Waals surface area contributed by atoms with Crippen LogP contribution in [0.5, 0.6) is 0 Å². The molecule has 4 nitrogen and oxygen atoms in total. The zero-order valence-electron chi connectivity index (χ0n) is 8.77. The third-order valence-electron chi connectivity index (χ3n) is 2.56. The van der Waals surface area contributed by atoms with Gasteiger partial charge in [0.15, 0.2) is 0 Å². The predicted molar refractivity (Wildman–Crippen MR) is 60.5 cm³/mol. The van der Waals surface area contributed by atoms with Crippen LogP contribution in [0, 0.1) is 0 Å². The van der Waals surface area contributed by atoms with Crippen molar-refractivity contribution in [2.45, 2.75) is 24.6 Å². The maximum atomic E-state index is 11.9. The van der Waals surface area contributed by atoms with Gasteiger partial charge in [0, 0.05) is 25.4 Å². The van der Waals surface area contributed by atoms with Crippen molar-refractivity contribution in [2.75, 3.05) is 12.8 Å². The van der Waals surface area contributed by atoms with E-state index in [0.717, 1.165) is 17.7 Å². The van der Waals surface area contributed by atoms with Crippen LogP contribution >= 0.6 is 11.8 Å². The van der Waals surface area contributed by atoms with Gasteiger partial charge in [-0.15, -0.1) is 11.8 Å². The lowest BCUT2D eigenvalue weighted by Crippen LogP contribution is -2.32. The molecule has 1 saturated heterocycles. The van der Waals surface area contributed by atoms with E-state index >= 15 is 0 Å². The SMILES string of the molecule is CN(Cc1cn[nH]c1)C(=O)C1CCCS1. The number of H-pyrrole nitrogens is 1. The number of nitrogens with zero attached hydrogens (tertiary/aromatic N) is 2. The third kappa shape index (κ3) is 2.53. The number of amides is 1. The van der Waals surface area contributed by atoms with E-state index in [1.165, 1.54) is 6.42 Å². The number of rotatable bonds is 3. The number of hydrogen-bond donors (Lipinski definition) is 1.